The van der Waals surface area contributed by atoms with E-state index < -0.39 is 84.0 Å². The van der Waals surface area contributed by atoms with E-state index in [4.69, 9.17) is 43.6 Å². The number of imidazole rings is 2. The van der Waals surface area contributed by atoms with E-state index in [1.165, 1.54) is 21.8 Å². The van der Waals surface area contributed by atoms with Gasteiger partial charge in [-0.05, 0) is 0 Å². The van der Waals surface area contributed by atoms with E-state index in [0.717, 1.165) is 13.4 Å². The van der Waals surface area contributed by atoms with E-state index in [1.54, 1.807) is 0 Å². The molecule has 3 aliphatic heterocycles. The number of rotatable bonds is 3. The van der Waals surface area contributed by atoms with Crippen LogP contribution in [0.25, 0.3) is 22.3 Å². The molecule has 4 aromatic rings. The third-order valence-corrected chi connectivity index (χ3v) is 9.58. The van der Waals surface area contributed by atoms with Crippen molar-refractivity contribution in [1.29, 1.82) is 0 Å². The minimum Gasteiger partial charge on any atom is -0.387 e. The predicted molar refractivity (Wildman–Crippen MR) is 145 cm³/mol. The minimum absolute atomic E-state index is 0.0342. The van der Waals surface area contributed by atoms with E-state index >= 15 is 4.39 Å². The molecule has 10 atom stereocenters. The van der Waals surface area contributed by atoms with E-state index in [0.29, 0.717) is 0 Å². The Balaban J connectivity index is 1.20. The first-order chi connectivity index (χ1) is 21.6. The van der Waals surface area contributed by atoms with Crippen molar-refractivity contribution in [2.24, 2.45) is 0 Å². The third kappa shape index (κ3) is 5.18. The summed E-state index contributed by atoms with van der Waals surface area (Å²) in [5.74, 6) is -0.178. The van der Waals surface area contributed by atoms with Crippen molar-refractivity contribution in [3.05, 3.63) is 29.3 Å². The quantitative estimate of drug-likeness (QED) is 0.206. The molecule has 45 heavy (non-hydrogen) atoms. The SMILES string of the molecule is COP1(=O)OC[C@H]2O[C@@H](n3cnc4c(=O)[nH]c(N)nc43)C(O[P+](=O)OC[C@H]3O[C@@H](n4cnc5c(N)ncnc54)C(F)C3O1)C2O. The molecule has 24 heteroatoms. The Labute approximate surface area is 250 Å². The largest absolute Gasteiger partial charge is 0.698 e. The number of phosphoric acid groups is 1. The number of aromatic amines is 1. The van der Waals surface area contributed by atoms with Gasteiger partial charge in [-0.15, -0.1) is 9.05 Å². The van der Waals surface area contributed by atoms with Gasteiger partial charge in [-0.3, -0.25) is 32.5 Å². The average molecular weight is 673 g/mol. The van der Waals surface area contributed by atoms with Crippen LogP contribution in [0.2, 0.25) is 0 Å². The Morgan fingerprint density at radius 1 is 1.07 bits per heavy atom. The Morgan fingerprint density at radius 2 is 1.80 bits per heavy atom. The highest BCUT2D eigenvalue weighted by molar-refractivity contribution is 7.48. The Hall–Kier alpha value is -3.56. The van der Waals surface area contributed by atoms with Gasteiger partial charge in [0, 0.05) is 11.7 Å². The number of nitrogen functional groups attached to an aromatic ring is 2. The van der Waals surface area contributed by atoms with Gasteiger partial charge < -0.3 is 26.0 Å². The molecule has 2 bridgehead atoms. The van der Waals surface area contributed by atoms with Gasteiger partial charge in [0.1, 0.15) is 42.9 Å². The second-order valence-corrected chi connectivity index (χ2v) is 12.7. The zero-order valence-corrected chi connectivity index (χ0v) is 24.6. The van der Waals surface area contributed by atoms with Crippen molar-refractivity contribution in [3.8, 4) is 0 Å². The third-order valence-electron chi connectivity index (χ3n) is 7.39. The number of nitrogens with two attached hydrogens (primary N) is 2. The molecule has 3 fully saturated rings. The number of nitrogens with one attached hydrogen (secondary N) is 1. The fourth-order valence-corrected chi connectivity index (χ4v) is 7.15. The van der Waals surface area contributed by atoms with Crippen molar-refractivity contribution < 1.29 is 50.7 Å². The number of phosphoric ester groups is 1. The lowest BCUT2D eigenvalue weighted by atomic mass is 10.1. The normalized spacial score (nSPS) is 35.2. The van der Waals surface area contributed by atoms with Crippen LogP contribution >= 0.6 is 16.1 Å². The van der Waals surface area contributed by atoms with Crippen LogP contribution in [-0.4, -0.2) is 101 Å². The van der Waals surface area contributed by atoms with Crippen LogP contribution in [0.3, 0.4) is 0 Å². The molecule has 7 heterocycles. The molecule has 0 amide bonds. The first kappa shape index (κ1) is 30.1. The monoisotopic (exact) mass is 673 g/mol. The number of hydrogen-bond donors (Lipinski definition) is 4. The maximum atomic E-state index is 16.0. The lowest BCUT2D eigenvalue weighted by molar-refractivity contribution is -0.0625. The lowest BCUT2D eigenvalue weighted by Crippen LogP contribution is -2.35. The van der Waals surface area contributed by atoms with E-state index in [-0.39, 0.29) is 34.1 Å². The molecule has 7 rings (SSSR count). The zero-order valence-electron chi connectivity index (χ0n) is 22.9. The number of anilines is 2. The number of alkyl halides is 1. The molecule has 0 aromatic carbocycles. The van der Waals surface area contributed by atoms with Gasteiger partial charge in [0.2, 0.25) is 5.95 Å². The van der Waals surface area contributed by atoms with Crippen molar-refractivity contribution >= 4 is 50.2 Å². The minimum atomic E-state index is -4.58. The fourth-order valence-electron chi connectivity index (χ4n) is 5.26. The number of hydrogen-bond acceptors (Lipinski definition) is 18. The van der Waals surface area contributed by atoms with Gasteiger partial charge in [0.25, 0.3) is 5.56 Å². The topological polar surface area (TPSA) is 278 Å². The van der Waals surface area contributed by atoms with Gasteiger partial charge in [-0.25, -0.2) is 28.9 Å². The molecule has 6 unspecified atom stereocenters. The van der Waals surface area contributed by atoms with Crippen molar-refractivity contribution in [3.63, 3.8) is 0 Å². The number of H-pyrrole nitrogens is 1. The first-order valence-corrected chi connectivity index (χ1v) is 15.7. The van der Waals surface area contributed by atoms with Gasteiger partial charge >= 0.3 is 16.1 Å². The molecule has 0 saturated carbocycles. The molecule has 240 valence electrons. The fraction of sp³-hybridized carbons (Fsp3) is 0.524. The molecule has 4 aromatic heterocycles. The summed E-state index contributed by atoms with van der Waals surface area (Å²) in [7, 11) is -6.61. The highest BCUT2D eigenvalue weighted by atomic mass is 31.2. The Kier molecular flexibility index (Phi) is 7.60. The molecule has 0 aliphatic carbocycles. The number of halogens is 1. The van der Waals surface area contributed by atoms with Crippen LogP contribution in [0.1, 0.15) is 12.5 Å². The van der Waals surface area contributed by atoms with Crippen LogP contribution in [0.15, 0.2) is 23.8 Å². The number of fused-ring (bicyclic) bond motifs is 5. The summed E-state index contributed by atoms with van der Waals surface area (Å²) in [6.45, 7) is -1.24. The smallest absolute Gasteiger partial charge is 0.387 e. The molecule has 0 spiro atoms. The molecule has 3 saturated heterocycles. The predicted octanol–water partition coefficient (Wildman–Crippen LogP) is -0.153. The van der Waals surface area contributed by atoms with Crippen molar-refractivity contribution in [1.82, 2.24) is 39.0 Å². The van der Waals surface area contributed by atoms with E-state index in [9.17, 15) is 19.0 Å². The number of nitrogens with zero attached hydrogens (tertiary/aromatic N) is 7. The van der Waals surface area contributed by atoms with E-state index in [2.05, 4.69) is 29.9 Å². The summed E-state index contributed by atoms with van der Waals surface area (Å²) in [6, 6.07) is 0. The molecule has 6 N–H and O–H groups in total. The maximum absolute atomic E-state index is 16.0. The second kappa shape index (κ2) is 11.4. The van der Waals surface area contributed by atoms with Gasteiger partial charge in [0.05, 0.1) is 19.3 Å². The van der Waals surface area contributed by atoms with Crippen LogP contribution in [0.5, 0.6) is 0 Å². The van der Waals surface area contributed by atoms with Crippen LogP contribution < -0.4 is 17.0 Å². The summed E-state index contributed by atoms with van der Waals surface area (Å²) in [4.78, 5) is 34.7. The summed E-state index contributed by atoms with van der Waals surface area (Å²) in [5, 5.41) is 11.1. The highest BCUT2D eigenvalue weighted by Gasteiger charge is 2.55. The van der Waals surface area contributed by atoms with Crippen LogP contribution in [0, 0.1) is 0 Å². The number of aliphatic hydroxyl groups is 1. The molecule has 0 radical (unpaired) electrons. The maximum Gasteiger partial charge on any atom is 0.698 e. The van der Waals surface area contributed by atoms with Crippen molar-refractivity contribution in [2.75, 3.05) is 31.8 Å². The number of aliphatic hydroxyl groups excluding tert-OH is 1. The summed E-state index contributed by atoms with van der Waals surface area (Å²) < 4.78 is 83.9. The average Bonchev–Trinajstić information content (AvgIpc) is 3.77. The molecule has 21 nitrogen and oxygen atoms in total. The van der Waals surface area contributed by atoms with E-state index in [1.807, 2.05) is 0 Å². The van der Waals surface area contributed by atoms with Crippen LogP contribution in [0.4, 0.5) is 16.2 Å². The Bertz CT molecular complexity index is 1890. The Morgan fingerprint density at radius 3 is 2.58 bits per heavy atom. The number of aromatic nitrogens is 8. The summed E-state index contributed by atoms with van der Waals surface area (Å²) in [5.41, 5.74) is 11.1. The van der Waals surface area contributed by atoms with Gasteiger partial charge in [0.15, 0.2) is 47.4 Å². The summed E-state index contributed by atoms with van der Waals surface area (Å²) in [6.07, 6.45) is -8.52. The molecular weight excluding hydrogens is 649 g/mol. The second-order valence-electron chi connectivity index (χ2n) is 10.0. The molecule has 3 aliphatic rings. The van der Waals surface area contributed by atoms with Crippen molar-refractivity contribution in [2.45, 2.75) is 49.1 Å². The number of ether oxygens (including phenoxy) is 2. The summed E-state index contributed by atoms with van der Waals surface area (Å²) >= 11 is 0. The van der Waals surface area contributed by atoms with Gasteiger partial charge in [-0.2, -0.15) is 4.98 Å². The lowest BCUT2D eigenvalue weighted by Gasteiger charge is -2.24. The van der Waals surface area contributed by atoms with Gasteiger partial charge in [-0.1, -0.05) is 0 Å². The molecular formula is C21H24FN10O11P2+. The highest BCUT2D eigenvalue weighted by Crippen LogP contribution is 2.54. The van der Waals surface area contributed by atoms with Crippen LogP contribution in [-0.2, 0) is 41.2 Å². The zero-order chi connectivity index (χ0) is 31.6. The standard InChI is InChI=1S/C21H23FN10O11P2/c1-37-45(36)39-3-7-12(33)14(20(40-7)32-6-28-11-17(32)29-21(24)30-18(11)34)42-44(35)38-2-8-13(43-45)9(22)19(41-8)31-5-27-10-15(23)25-4-26-16(10)31/h4-9,12-14,19-20,33H,2-3H2,1H3,(H4-,23,24,25,26,29,30,34)/p+1/t7-,8-,9?,12?,13?,14?,19-,20-,45?/m1/s1. The first-order valence-electron chi connectivity index (χ1n) is 13.1.